The summed E-state index contributed by atoms with van der Waals surface area (Å²) in [5.74, 6) is -3.25. The lowest BCUT2D eigenvalue weighted by atomic mass is 9.80. The van der Waals surface area contributed by atoms with Crippen molar-refractivity contribution in [2.45, 2.75) is 24.8 Å². The van der Waals surface area contributed by atoms with Crippen LogP contribution < -0.4 is 10.2 Å². The molecule has 0 radical (unpaired) electrons. The number of halogens is 1. The van der Waals surface area contributed by atoms with E-state index in [0.29, 0.717) is 5.02 Å². The summed E-state index contributed by atoms with van der Waals surface area (Å²) in [4.78, 5) is 49.0. The third-order valence-corrected chi connectivity index (χ3v) is 4.31. The highest BCUT2D eigenvalue weighted by atomic mass is 35.5. The number of fused-ring (bicyclic) bond motifs is 2. The molecule has 0 bridgehead atoms. The largest absolute Gasteiger partial charge is 0.480 e. The molecule has 8 heteroatoms. The summed E-state index contributed by atoms with van der Waals surface area (Å²) in [6.45, 7) is 1.34. The molecule has 1 fully saturated rings. The SMILES string of the molecule is CC(C(=O)O)N1C(=O)C2(CC(=O)NC2=O)c2cc(Cl)ccc21. The van der Waals surface area contributed by atoms with Gasteiger partial charge in [-0.1, -0.05) is 11.6 Å². The first-order valence-corrected chi connectivity index (χ1v) is 6.87. The molecule has 1 aromatic carbocycles. The zero-order valence-electron chi connectivity index (χ0n) is 11.4. The van der Waals surface area contributed by atoms with E-state index in [-0.39, 0.29) is 17.7 Å². The molecule has 0 saturated carbocycles. The molecular formula is C14H11ClN2O5. The topological polar surface area (TPSA) is 104 Å². The number of carbonyl (C=O) groups is 4. The summed E-state index contributed by atoms with van der Waals surface area (Å²) in [5.41, 5.74) is -1.17. The normalized spacial score (nSPS) is 24.6. The number of nitrogens with one attached hydrogen (secondary N) is 1. The van der Waals surface area contributed by atoms with Crippen LogP contribution >= 0.6 is 11.6 Å². The minimum absolute atomic E-state index is 0.265. The number of carboxylic acid groups (broad SMARTS) is 1. The molecular weight excluding hydrogens is 312 g/mol. The first-order valence-electron chi connectivity index (χ1n) is 6.50. The smallest absolute Gasteiger partial charge is 0.326 e. The van der Waals surface area contributed by atoms with Gasteiger partial charge in [-0.3, -0.25) is 24.6 Å². The quantitative estimate of drug-likeness (QED) is 0.607. The number of carboxylic acids is 1. The summed E-state index contributed by atoms with van der Waals surface area (Å²) in [6.07, 6.45) is -0.346. The lowest BCUT2D eigenvalue weighted by Gasteiger charge is -2.24. The van der Waals surface area contributed by atoms with Gasteiger partial charge in [0.15, 0.2) is 5.41 Å². The van der Waals surface area contributed by atoms with E-state index in [1.807, 2.05) is 0 Å². The summed E-state index contributed by atoms with van der Waals surface area (Å²) >= 11 is 5.94. The highest BCUT2D eigenvalue weighted by Gasteiger charge is 2.62. The zero-order valence-corrected chi connectivity index (χ0v) is 12.2. The summed E-state index contributed by atoms with van der Waals surface area (Å²) in [6, 6.07) is 3.25. The molecule has 22 heavy (non-hydrogen) atoms. The van der Waals surface area contributed by atoms with Crippen LogP contribution in [0.2, 0.25) is 5.02 Å². The Bertz CT molecular complexity index is 747. The Morgan fingerprint density at radius 2 is 2.09 bits per heavy atom. The van der Waals surface area contributed by atoms with Crippen molar-refractivity contribution in [2.24, 2.45) is 0 Å². The van der Waals surface area contributed by atoms with E-state index < -0.39 is 35.1 Å². The van der Waals surface area contributed by atoms with Gasteiger partial charge in [0.25, 0.3) is 0 Å². The number of hydrogen-bond acceptors (Lipinski definition) is 4. The predicted molar refractivity (Wildman–Crippen MR) is 75.5 cm³/mol. The Kier molecular flexibility index (Phi) is 3.00. The predicted octanol–water partition coefficient (Wildman–Crippen LogP) is 0.444. The number of imide groups is 1. The maximum absolute atomic E-state index is 12.8. The van der Waals surface area contributed by atoms with Crippen molar-refractivity contribution in [3.05, 3.63) is 28.8 Å². The van der Waals surface area contributed by atoms with E-state index in [0.717, 1.165) is 4.90 Å². The molecule has 2 unspecified atom stereocenters. The average molecular weight is 323 g/mol. The fraction of sp³-hybridized carbons (Fsp3) is 0.286. The Morgan fingerprint density at radius 1 is 1.41 bits per heavy atom. The molecule has 1 spiro atoms. The molecule has 2 N–H and O–H groups in total. The van der Waals surface area contributed by atoms with Crippen molar-refractivity contribution < 1.29 is 24.3 Å². The second-order valence-electron chi connectivity index (χ2n) is 5.31. The first-order chi connectivity index (χ1) is 10.3. The maximum atomic E-state index is 12.8. The fourth-order valence-corrected chi connectivity index (χ4v) is 3.15. The first kappa shape index (κ1) is 14.5. The minimum Gasteiger partial charge on any atom is -0.480 e. The van der Waals surface area contributed by atoms with Gasteiger partial charge in [0.05, 0.1) is 6.42 Å². The number of rotatable bonds is 2. The van der Waals surface area contributed by atoms with E-state index in [9.17, 15) is 24.3 Å². The molecule has 3 amide bonds. The maximum Gasteiger partial charge on any atom is 0.326 e. The molecule has 114 valence electrons. The lowest BCUT2D eigenvalue weighted by Crippen LogP contribution is -2.50. The summed E-state index contributed by atoms with van der Waals surface area (Å²) in [5, 5.41) is 11.6. The Balaban J connectivity index is 2.26. The van der Waals surface area contributed by atoms with Crippen LogP contribution in [0.4, 0.5) is 5.69 Å². The van der Waals surface area contributed by atoms with Gasteiger partial charge in [-0.2, -0.15) is 0 Å². The van der Waals surface area contributed by atoms with Crippen LogP contribution in [0.1, 0.15) is 18.9 Å². The van der Waals surface area contributed by atoms with Crippen LogP contribution in [-0.4, -0.2) is 34.8 Å². The average Bonchev–Trinajstić information content (AvgIpc) is 2.86. The zero-order chi connectivity index (χ0) is 16.2. The van der Waals surface area contributed by atoms with Crippen LogP contribution in [-0.2, 0) is 24.6 Å². The van der Waals surface area contributed by atoms with E-state index in [1.165, 1.54) is 25.1 Å². The second kappa shape index (κ2) is 4.54. The third-order valence-electron chi connectivity index (χ3n) is 4.07. The van der Waals surface area contributed by atoms with Crippen LogP contribution in [0.3, 0.4) is 0 Å². The van der Waals surface area contributed by atoms with Gasteiger partial charge in [0.1, 0.15) is 6.04 Å². The van der Waals surface area contributed by atoms with E-state index in [4.69, 9.17) is 11.6 Å². The molecule has 1 aromatic rings. The number of aliphatic carboxylic acids is 1. The summed E-state index contributed by atoms with van der Waals surface area (Å²) < 4.78 is 0. The van der Waals surface area contributed by atoms with E-state index in [1.54, 1.807) is 0 Å². The van der Waals surface area contributed by atoms with Crippen molar-refractivity contribution in [3.63, 3.8) is 0 Å². The molecule has 1 saturated heterocycles. The highest BCUT2D eigenvalue weighted by molar-refractivity contribution is 6.33. The Labute approximate surface area is 129 Å². The number of carbonyl (C=O) groups excluding carboxylic acids is 3. The van der Waals surface area contributed by atoms with Gasteiger partial charge in [-0.15, -0.1) is 0 Å². The number of hydrogen-bond donors (Lipinski definition) is 2. The van der Waals surface area contributed by atoms with Crippen molar-refractivity contribution >= 4 is 41.0 Å². The molecule has 2 aliphatic heterocycles. The van der Waals surface area contributed by atoms with Crippen molar-refractivity contribution in [2.75, 3.05) is 4.90 Å². The van der Waals surface area contributed by atoms with Crippen molar-refractivity contribution in [1.29, 1.82) is 0 Å². The molecule has 0 aromatic heterocycles. The van der Waals surface area contributed by atoms with Crippen LogP contribution in [0.25, 0.3) is 0 Å². The molecule has 0 aliphatic carbocycles. The second-order valence-corrected chi connectivity index (χ2v) is 5.75. The molecule has 2 heterocycles. The molecule has 3 rings (SSSR count). The van der Waals surface area contributed by atoms with E-state index >= 15 is 0 Å². The molecule has 7 nitrogen and oxygen atoms in total. The number of anilines is 1. The van der Waals surface area contributed by atoms with Gasteiger partial charge in [0.2, 0.25) is 17.7 Å². The van der Waals surface area contributed by atoms with Gasteiger partial charge in [-0.05, 0) is 25.1 Å². The number of amides is 3. The van der Waals surface area contributed by atoms with Crippen LogP contribution in [0.5, 0.6) is 0 Å². The van der Waals surface area contributed by atoms with E-state index in [2.05, 4.69) is 5.32 Å². The molecule has 2 atom stereocenters. The monoisotopic (exact) mass is 322 g/mol. The number of benzene rings is 1. The van der Waals surface area contributed by atoms with Crippen LogP contribution in [0, 0.1) is 0 Å². The fourth-order valence-electron chi connectivity index (χ4n) is 2.97. The van der Waals surface area contributed by atoms with Crippen LogP contribution in [0.15, 0.2) is 18.2 Å². The van der Waals surface area contributed by atoms with Crippen molar-refractivity contribution in [1.82, 2.24) is 5.32 Å². The lowest BCUT2D eigenvalue weighted by molar-refractivity contribution is -0.141. The summed E-state index contributed by atoms with van der Waals surface area (Å²) in [7, 11) is 0. The van der Waals surface area contributed by atoms with Gasteiger partial charge in [-0.25, -0.2) is 4.79 Å². The Morgan fingerprint density at radius 3 is 2.64 bits per heavy atom. The Hall–Kier alpha value is -2.41. The van der Waals surface area contributed by atoms with Gasteiger partial charge < -0.3 is 5.11 Å². The molecule has 2 aliphatic rings. The highest BCUT2D eigenvalue weighted by Crippen LogP contribution is 2.48. The minimum atomic E-state index is -1.72. The third kappa shape index (κ3) is 1.69. The van der Waals surface area contributed by atoms with Crippen molar-refractivity contribution in [3.8, 4) is 0 Å². The van der Waals surface area contributed by atoms with Gasteiger partial charge >= 0.3 is 5.97 Å². The van der Waals surface area contributed by atoms with Gasteiger partial charge in [0, 0.05) is 16.3 Å². The number of nitrogens with zero attached hydrogens (tertiary/aromatic N) is 1. The standard InChI is InChI=1S/C14H11ClN2O5/c1-6(11(19)20)17-9-3-2-7(15)4-8(9)14(13(17)22)5-10(18)16-12(14)21/h2-4,6H,5H2,1H3,(H,19,20)(H,16,18,21).